The van der Waals surface area contributed by atoms with Gasteiger partial charge in [0, 0.05) is 35.0 Å². The van der Waals surface area contributed by atoms with Crippen molar-refractivity contribution in [2.45, 2.75) is 0 Å². The van der Waals surface area contributed by atoms with Crippen LogP contribution in [-0.2, 0) is 0 Å². The van der Waals surface area contributed by atoms with E-state index >= 15 is 0 Å². The van der Waals surface area contributed by atoms with Crippen LogP contribution in [0.1, 0.15) is 0 Å². The Labute approximate surface area is 136 Å². The molecule has 0 unspecified atom stereocenters. The smallest absolute Gasteiger partial charge is 0.193 e. The van der Waals surface area contributed by atoms with E-state index in [4.69, 9.17) is 4.42 Å². The van der Waals surface area contributed by atoms with Gasteiger partial charge in [-0.25, -0.2) is 0 Å². The Balaban J connectivity index is 2.12. The fraction of sp³-hybridized carbons (Fsp3) is 0.118. The first-order chi connectivity index (χ1) is 10.0. The highest BCUT2D eigenvalue weighted by Gasteiger charge is 2.07. The second-order valence-electron chi connectivity index (χ2n) is 5.06. The van der Waals surface area contributed by atoms with Gasteiger partial charge in [0.1, 0.15) is 11.3 Å². The van der Waals surface area contributed by atoms with Gasteiger partial charge in [0.05, 0.1) is 5.39 Å². The quantitative estimate of drug-likeness (QED) is 0.618. The molecule has 0 saturated heterocycles. The van der Waals surface area contributed by atoms with Crippen molar-refractivity contribution in [3.8, 4) is 11.3 Å². The second-order valence-corrected chi connectivity index (χ2v) is 6.30. The maximum atomic E-state index is 12.2. The maximum Gasteiger partial charge on any atom is 0.193 e. The van der Waals surface area contributed by atoms with E-state index in [1.54, 1.807) is 6.07 Å². The number of nitrogens with zero attached hydrogens (tertiary/aromatic N) is 1. The molecule has 2 aromatic carbocycles. The first-order valence-electron chi connectivity index (χ1n) is 6.56. The van der Waals surface area contributed by atoms with Gasteiger partial charge in [-0.3, -0.25) is 4.79 Å². The predicted octanol–water partition coefficient (Wildman–Crippen LogP) is 4.13. The Morgan fingerprint density at radius 1 is 1.00 bits per heavy atom. The molecule has 0 radical (unpaired) electrons. The van der Waals surface area contributed by atoms with Crippen LogP contribution < -0.4 is 10.3 Å². The summed E-state index contributed by atoms with van der Waals surface area (Å²) in [6, 6.07) is 15.1. The summed E-state index contributed by atoms with van der Waals surface area (Å²) in [6.07, 6.45) is 0. The molecule has 4 heteroatoms. The number of fused-ring (bicyclic) bond motifs is 1. The van der Waals surface area contributed by atoms with E-state index in [0.717, 1.165) is 14.8 Å². The van der Waals surface area contributed by atoms with Crippen LogP contribution in [0.3, 0.4) is 0 Å². The van der Waals surface area contributed by atoms with Crippen LogP contribution in [0.5, 0.6) is 0 Å². The number of anilines is 1. The zero-order valence-electron chi connectivity index (χ0n) is 11.8. The van der Waals surface area contributed by atoms with Gasteiger partial charge in [0.2, 0.25) is 0 Å². The lowest BCUT2D eigenvalue weighted by Gasteiger charge is -2.12. The standard InChI is InChI=1S/C17H14INO2/c1-19(2)13-6-3-11(4-7-13)17-10-15(20)14-9-12(18)5-8-16(14)21-17/h3-10H,1-2H3/i18-2. The van der Waals surface area contributed by atoms with Gasteiger partial charge in [0.25, 0.3) is 0 Å². The summed E-state index contributed by atoms with van der Waals surface area (Å²) >= 11 is 2.19. The van der Waals surface area contributed by atoms with E-state index in [9.17, 15) is 4.79 Å². The molecule has 1 heterocycles. The first kappa shape index (κ1) is 14.1. The van der Waals surface area contributed by atoms with Crippen molar-refractivity contribution in [2.24, 2.45) is 0 Å². The number of rotatable bonds is 2. The predicted molar refractivity (Wildman–Crippen MR) is 95.0 cm³/mol. The van der Waals surface area contributed by atoms with Crippen LogP contribution in [-0.4, -0.2) is 14.1 Å². The summed E-state index contributed by atoms with van der Waals surface area (Å²) in [7, 11) is 3.99. The zero-order chi connectivity index (χ0) is 15.0. The Morgan fingerprint density at radius 3 is 2.38 bits per heavy atom. The van der Waals surface area contributed by atoms with Gasteiger partial charge < -0.3 is 9.32 Å². The van der Waals surface area contributed by atoms with Crippen LogP contribution in [0.4, 0.5) is 5.69 Å². The first-order valence-corrected chi connectivity index (χ1v) is 7.63. The number of hydrogen-bond acceptors (Lipinski definition) is 3. The number of benzene rings is 2. The molecule has 0 bridgehead atoms. The van der Waals surface area contributed by atoms with Crippen molar-refractivity contribution in [1.29, 1.82) is 0 Å². The molecule has 0 spiro atoms. The largest absolute Gasteiger partial charge is 0.456 e. The molecular formula is C17H14INO2. The van der Waals surface area contributed by atoms with Gasteiger partial charge in [-0.15, -0.1) is 0 Å². The minimum atomic E-state index is -0.0125. The van der Waals surface area contributed by atoms with Crippen molar-refractivity contribution < 1.29 is 4.42 Å². The van der Waals surface area contributed by atoms with Crippen LogP contribution in [0.2, 0.25) is 0 Å². The monoisotopic (exact) mass is 389 g/mol. The van der Waals surface area contributed by atoms with Gasteiger partial charge in [0.15, 0.2) is 5.43 Å². The normalized spacial score (nSPS) is 10.8. The average molecular weight is 389 g/mol. The molecule has 0 fully saturated rings. The van der Waals surface area contributed by atoms with Crippen LogP contribution in [0.15, 0.2) is 57.7 Å². The van der Waals surface area contributed by atoms with Crippen molar-refractivity contribution in [2.75, 3.05) is 19.0 Å². The average Bonchev–Trinajstić information content (AvgIpc) is 2.48. The molecule has 0 N–H and O–H groups in total. The molecule has 0 aliphatic rings. The zero-order valence-corrected chi connectivity index (χ0v) is 13.9. The molecule has 0 atom stereocenters. The van der Waals surface area contributed by atoms with Crippen molar-refractivity contribution in [3.63, 3.8) is 0 Å². The van der Waals surface area contributed by atoms with Crippen molar-refractivity contribution in [3.05, 3.63) is 62.3 Å². The highest BCUT2D eigenvalue weighted by molar-refractivity contribution is 14.1. The van der Waals surface area contributed by atoms with Crippen LogP contribution >= 0.6 is 22.6 Å². The van der Waals surface area contributed by atoms with Gasteiger partial charge in [-0.2, -0.15) is 0 Å². The van der Waals surface area contributed by atoms with Gasteiger partial charge >= 0.3 is 0 Å². The topological polar surface area (TPSA) is 33.5 Å². The molecule has 106 valence electrons. The third kappa shape index (κ3) is 2.81. The van der Waals surface area contributed by atoms with E-state index in [0.29, 0.717) is 16.7 Å². The lowest BCUT2D eigenvalue weighted by atomic mass is 10.1. The molecule has 3 nitrogen and oxygen atoms in total. The fourth-order valence-electron chi connectivity index (χ4n) is 2.19. The maximum absolute atomic E-state index is 12.2. The third-order valence-electron chi connectivity index (χ3n) is 3.36. The van der Waals surface area contributed by atoms with Gasteiger partial charge in [-0.1, -0.05) is 0 Å². The number of halogens is 1. The highest BCUT2D eigenvalue weighted by Crippen LogP contribution is 2.25. The molecule has 3 rings (SSSR count). The molecule has 1 aromatic heterocycles. The second kappa shape index (κ2) is 5.52. The summed E-state index contributed by atoms with van der Waals surface area (Å²) in [5.41, 5.74) is 2.62. The molecule has 0 aliphatic heterocycles. The summed E-state index contributed by atoms with van der Waals surface area (Å²) < 4.78 is 6.89. The van der Waals surface area contributed by atoms with Crippen LogP contribution in [0.25, 0.3) is 22.3 Å². The minimum absolute atomic E-state index is 0.0125. The lowest BCUT2D eigenvalue weighted by molar-refractivity contribution is 0.619. The molecule has 0 saturated carbocycles. The van der Waals surface area contributed by atoms with E-state index < -0.39 is 0 Å². The number of hydrogen-bond donors (Lipinski definition) is 0. The van der Waals surface area contributed by atoms with Crippen molar-refractivity contribution in [1.82, 2.24) is 0 Å². The summed E-state index contributed by atoms with van der Waals surface area (Å²) in [4.78, 5) is 14.3. The Hall–Kier alpha value is -1.82. The van der Waals surface area contributed by atoms with Crippen LogP contribution in [0, 0.1) is 3.57 Å². The minimum Gasteiger partial charge on any atom is -0.456 e. The van der Waals surface area contributed by atoms with E-state index in [2.05, 4.69) is 22.6 Å². The summed E-state index contributed by atoms with van der Waals surface area (Å²) in [6.45, 7) is 0. The lowest BCUT2D eigenvalue weighted by Crippen LogP contribution is -2.08. The van der Waals surface area contributed by atoms with E-state index in [-0.39, 0.29) is 5.43 Å². The van der Waals surface area contributed by atoms with Gasteiger partial charge in [-0.05, 0) is 65.1 Å². The molecule has 0 amide bonds. The van der Waals surface area contributed by atoms with E-state index in [1.807, 2.05) is 61.5 Å². The Morgan fingerprint density at radius 2 is 1.71 bits per heavy atom. The SMILES string of the molecule is CN(C)c1ccc(-c2cc(=O)c3cc([125I])ccc3o2)cc1. The Bertz CT molecular complexity index is 851. The molecule has 3 aromatic rings. The summed E-state index contributed by atoms with van der Waals surface area (Å²) in [5, 5.41) is 0.621. The summed E-state index contributed by atoms with van der Waals surface area (Å²) in [5.74, 6) is 0.596. The molecule has 21 heavy (non-hydrogen) atoms. The Kier molecular flexibility index (Phi) is 3.71. The highest BCUT2D eigenvalue weighted by atomic mass is 125. The van der Waals surface area contributed by atoms with Crippen molar-refractivity contribution >= 4 is 39.2 Å². The van der Waals surface area contributed by atoms with E-state index in [1.165, 1.54) is 0 Å². The fourth-order valence-corrected chi connectivity index (χ4v) is 2.69. The molecular weight excluding hydrogens is 375 g/mol. The molecule has 0 aliphatic carbocycles. The third-order valence-corrected chi connectivity index (χ3v) is 4.03.